The summed E-state index contributed by atoms with van der Waals surface area (Å²) >= 11 is 5.13. The number of halogens is 1. The molecule has 0 amide bonds. The van der Waals surface area contributed by atoms with E-state index in [9.17, 15) is 0 Å². The topological polar surface area (TPSA) is 33.1 Å². The van der Waals surface area contributed by atoms with Crippen LogP contribution in [0.3, 0.4) is 0 Å². The molecule has 4 heteroatoms. The van der Waals surface area contributed by atoms with Crippen LogP contribution in [0.4, 0.5) is 0 Å². The molecule has 0 fully saturated rings. The molecule has 2 aromatic rings. The molecule has 2 nitrogen and oxygen atoms in total. The molecule has 0 aliphatic carbocycles. The van der Waals surface area contributed by atoms with Gasteiger partial charge in [-0.25, -0.2) is 4.98 Å². The van der Waals surface area contributed by atoms with Crippen molar-refractivity contribution in [1.82, 2.24) is 4.98 Å². The van der Waals surface area contributed by atoms with E-state index in [4.69, 9.17) is 5.11 Å². The molecule has 0 atom stereocenters. The van der Waals surface area contributed by atoms with E-state index in [0.29, 0.717) is 6.42 Å². The summed E-state index contributed by atoms with van der Waals surface area (Å²) in [5, 5.41) is 9.93. The maximum atomic E-state index is 8.83. The van der Waals surface area contributed by atoms with Crippen LogP contribution in [0.25, 0.3) is 0 Å². The van der Waals surface area contributed by atoms with Crippen molar-refractivity contribution in [3.8, 4) is 0 Å². The zero-order valence-electron chi connectivity index (χ0n) is 8.69. The first-order valence-electron chi connectivity index (χ1n) is 5.07. The van der Waals surface area contributed by atoms with E-state index in [2.05, 4.69) is 33.0 Å². The first-order chi connectivity index (χ1) is 7.78. The van der Waals surface area contributed by atoms with Gasteiger partial charge >= 0.3 is 0 Å². The van der Waals surface area contributed by atoms with Crippen LogP contribution in [-0.4, -0.2) is 16.7 Å². The molecule has 0 aliphatic rings. The number of aliphatic hydroxyl groups excluding tert-OH is 1. The number of rotatable bonds is 4. The highest BCUT2D eigenvalue weighted by Crippen LogP contribution is 2.19. The second-order valence-electron chi connectivity index (χ2n) is 3.50. The van der Waals surface area contributed by atoms with Gasteiger partial charge in [0.15, 0.2) is 0 Å². The van der Waals surface area contributed by atoms with E-state index in [1.165, 1.54) is 5.56 Å². The van der Waals surface area contributed by atoms with E-state index in [0.717, 1.165) is 20.8 Å². The van der Waals surface area contributed by atoms with Crippen molar-refractivity contribution in [2.24, 2.45) is 0 Å². The second-order valence-corrected chi connectivity index (χ2v) is 5.62. The molecule has 16 heavy (non-hydrogen) atoms. The van der Waals surface area contributed by atoms with Gasteiger partial charge in [0.25, 0.3) is 0 Å². The Kier molecular flexibility index (Phi) is 4.09. The molecule has 0 unspecified atom stereocenters. The molecule has 1 heterocycles. The van der Waals surface area contributed by atoms with Gasteiger partial charge in [-0.2, -0.15) is 0 Å². The Labute approximate surface area is 107 Å². The number of aliphatic hydroxyl groups is 1. The van der Waals surface area contributed by atoms with E-state index in [1.807, 2.05) is 18.3 Å². The van der Waals surface area contributed by atoms with Gasteiger partial charge < -0.3 is 5.11 Å². The van der Waals surface area contributed by atoms with E-state index < -0.39 is 0 Å². The fourth-order valence-corrected chi connectivity index (χ4v) is 2.87. The molecule has 0 aliphatic heterocycles. The number of aromatic nitrogens is 1. The van der Waals surface area contributed by atoms with E-state index in [1.54, 1.807) is 11.3 Å². The van der Waals surface area contributed by atoms with Gasteiger partial charge in [0.2, 0.25) is 0 Å². The average molecular weight is 298 g/mol. The highest BCUT2D eigenvalue weighted by Gasteiger charge is 2.03. The molecule has 0 spiro atoms. The second kappa shape index (κ2) is 5.57. The van der Waals surface area contributed by atoms with Gasteiger partial charge in [-0.1, -0.05) is 28.1 Å². The van der Waals surface area contributed by atoms with Gasteiger partial charge in [0, 0.05) is 35.0 Å². The van der Waals surface area contributed by atoms with Crippen LogP contribution in [0.15, 0.2) is 34.9 Å². The number of hydrogen-bond donors (Lipinski definition) is 1. The standard InChI is InChI=1S/C12H12BrNOS/c13-10-3-1-2-9(6-10)7-12-14-8-11(16-12)4-5-15/h1-3,6,8,15H,4-5,7H2. The minimum Gasteiger partial charge on any atom is -0.396 e. The smallest absolute Gasteiger partial charge is 0.0971 e. The van der Waals surface area contributed by atoms with Crippen LogP contribution in [0.2, 0.25) is 0 Å². The van der Waals surface area contributed by atoms with Gasteiger partial charge in [0.1, 0.15) is 0 Å². The molecule has 1 aromatic heterocycles. The van der Waals surface area contributed by atoms with Gasteiger partial charge in [-0.15, -0.1) is 11.3 Å². The maximum absolute atomic E-state index is 8.83. The molecule has 0 radical (unpaired) electrons. The van der Waals surface area contributed by atoms with Crippen LogP contribution >= 0.6 is 27.3 Å². The third-order valence-electron chi connectivity index (χ3n) is 2.20. The predicted octanol–water partition coefficient (Wildman–Crippen LogP) is 3.03. The summed E-state index contributed by atoms with van der Waals surface area (Å²) in [6.45, 7) is 0.193. The molecular weight excluding hydrogens is 286 g/mol. The molecule has 2 rings (SSSR count). The van der Waals surface area contributed by atoms with Crippen LogP contribution in [-0.2, 0) is 12.8 Å². The first-order valence-corrected chi connectivity index (χ1v) is 6.68. The Morgan fingerprint density at radius 1 is 1.38 bits per heavy atom. The maximum Gasteiger partial charge on any atom is 0.0971 e. The van der Waals surface area contributed by atoms with Gasteiger partial charge in [-0.3, -0.25) is 0 Å². The summed E-state index contributed by atoms with van der Waals surface area (Å²) in [5.74, 6) is 0. The lowest BCUT2D eigenvalue weighted by molar-refractivity contribution is 0.300. The fourth-order valence-electron chi connectivity index (χ4n) is 1.48. The van der Waals surface area contributed by atoms with Crippen molar-refractivity contribution in [3.05, 3.63) is 50.4 Å². The number of benzene rings is 1. The van der Waals surface area contributed by atoms with Crippen molar-refractivity contribution in [3.63, 3.8) is 0 Å². The number of nitrogens with zero attached hydrogens (tertiary/aromatic N) is 1. The predicted molar refractivity (Wildman–Crippen MR) is 69.9 cm³/mol. The fraction of sp³-hybridized carbons (Fsp3) is 0.250. The van der Waals surface area contributed by atoms with Crippen molar-refractivity contribution in [2.45, 2.75) is 12.8 Å². The molecule has 0 bridgehead atoms. The molecule has 1 aromatic carbocycles. The van der Waals surface area contributed by atoms with Crippen molar-refractivity contribution in [2.75, 3.05) is 6.61 Å². The third-order valence-corrected chi connectivity index (χ3v) is 3.75. The highest BCUT2D eigenvalue weighted by atomic mass is 79.9. The lowest BCUT2D eigenvalue weighted by Crippen LogP contribution is -1.86. The highest BCUT2D eigenvalue weighted by molar-refractivity contribution is 9.10. The zero-order valence-corrected chi connectivity index (χ0v) is 11.1. The van der Waals surface area contributed by atoms with Crippen LogP contribution < -0.4 is 0 Å². The lowest BCUT2D eigenvalue weighted by Gasteiger charge is -1.98. The third kappa shape index (κ3) is 3.14. The number of thiazole rings is 1. The Morgan fingerprint density at radius 3 is 3.00 bits per heavy atom. The Hall–Kier alpha value is -0.710. The molecular formula is C12H12BrNOS. The minimum atomic E-state index is 0.193. The summed E-state index contributed by atoms with van der Waals surface area (Å²) in [5.41, 5.74) is 1.25. The van der Waals surface area contributed by atoms with Crippen molar-refractivity contribution in [1.29, 1.82) is 0 Å². The zero-order chi connectivity index (χ0) is 11.4. The summed E-state index contributed by atoms with van der Waals surface area (Å²) in [6, 6.07) is 8.25. The van der Waals surface area contributed by atoms with Crippen LogP contribution in [0, 0.1) is 0 Å². The van der Waals surface area contributed by atoms with Crippen LogP contribution in [0.1, 0.15) is 15.4 Å². The van der Waals surface area contributed by atoms with Crippen molar-refractivity contribution < 1.29 is 5.11 Å². The average Bonchev–Trinajstić information content (AvgIpc) is 2.66. The largest absolute Gasteiger partial charge is 0.396 e. The van der Waals surface area contributed by atoms with Gasteiger partial charge in [-0.05, 0) is 17.7 Å². The molecule has 84 valence electrons. The summed E-state index contributed by atoms with van der Waals surface area (Å²) in [6.07, 6.45) is 3.42. The monoisotopic (exact) mass is 297 g/mol. The van der Waals surface area contributed by atoms with Gasteiger partial charge in [0.05, 0.1) is 5.01 Å². The minimum absolute atomic E-state index is 0.193. The van der Waals surface area contributed by atoms with Crippen LogP contribution in [0.5, 0.6) is 0 Å². The summed E-state index contributed by atoms with van der Waals surface area (Å²) in [4.78, 5) is 5.50. The molecule has 0 saturated heterocycles. The normalized spacial score (nSPS) is 10.6. The lowest BCUT2D eigenvalue weighted by atomic mass is 10.2. The Bertz CT molecular complexity index is 470. The van der Waals surface area contributed by atoms with E-state index in [-0.39, 0.29) is 6.61 Å². The van der Waals surface area contributed by atoms with Crippen molar-refractivity contribution >= 4 is 27.3 Å². The summed E-state index contributed by atoms with van der Waals surface area (Å²) < 4.78 is 1.09. The Morgan fingerprint density at radius 2 is 2.25 bits per heavy atom. The first kappa shape index (κ1) is 11.8. The SMILES string of the molecule is OCCc1cnc(Cc2cccc(Br)c2)s1. The molecule has 0 saturated carbocycles. The number of hydrogen-bond acceptors (Lipinski definition) is 3. The Balaban J connectivity index is 2.08. The molecule has 1 N–H and O–H groups in total. The summed E-state index contributed by atoms with van der Waals surface area (Å²) in [7, 11) is 0. The van der Waals surface area contributed by atoms with E-state index >= 15 is 0 Å². The quantitative estimate of drug-likeness (QED) is 0.941.